The van der Waals surface area contributed by atoms with E-state index in [1.54, 1.807) is 19.1 Å². The van der Waals surface area contributed by atoms with Gasteiger partial charge in [-0.2, -0.15) is 13.2 Å². The van der Waals surface area contributed by atoms with Crippen molar-refractivity contribution in [1.82, 2.24) is 0 Å². The summed E-state index contributed by atoms with van der Waals surface area (Å²) < 4.78 is 51.0. The van der Waals surface area contributed by atoms with Crippen LogP contribution in [0.15, 0.2) is 36.4 Å². The van der Waals surface area contributed by atoms with Crippen molar-refractivity contribution in [2.45, 2.75) is 20.0 Å². The molecule has 0 aliphatic heterocycles. The summed E-state index contributed by atoms with van der Waals surface area (Å²) in [7, 11) is 0. The Morgan fingerprint density at radius 3 is 2.29 bits per heavy atom. The number of hydrogen-bond donors (Lipinski definition) is 0. The van der Waals surface area contributed by atoms with E-state index >= 15 is 0 Å². The molecule has 0 amide bonds. The van der Waals surface area contributed by atoms with Crippen molar-refractivity contribution in [2.75, 3.05) is 0 Å². The third-order valence-electron chi connectivity index (χ3n) is 3.39. The average Bonchev–Trinajstić information content (AvgIpc) is 2.39. The van der Waals surface area contributed by atoms with Crippen molar-refractivity contribution in [2.24, 2.45) is 0 Å². The summed E-state index contributed by atoms with van der Waals surface area (Å²) >= 11 is 0. The van der Waals surface area contributed by atoms with E-state index in [1.807, 2.05) is 13.0 Å². The third kappa shape index (κ3) is 2.96. The number of hydrogen-bond acceptors (Lipinski definition) is 1. The molecule has 0 atom stereocenters. The van der Waals surface area contributed by atoms with Crippen LogP contribution in [0.4, 0.5) is 17.6 Å². The fourth-order valence-electron chi connectivity index (χ4n) is 2.04. The van der Waals surface area contributed by atoms with Crippen molar-refractivity contribution in [3.63, 3.8) is 0 Å². The van der Waals surface area contributed by atoms with Crippen molar-refractivity contribution in [3.05, 3.63) is 70.0 Å². The molecule has 0 aliphatic rings. The minimum atomic E-state index is -4.77. The molecule has 2 aromatic rings. The van der Waals surface area contributed by atoms with Crippen molar-refractivity contribution >= 4 is 5.78 Å². The first kappa shape index (κ1) is 15.2. The van der Waals surface area contributed by atoms with Crippen LogP contribution >= 0.6 is 0 Å². The summed E-state index contributed by atoms with van der Waals surface area (Å²) in [5, 5.41) is 0. The number of alkyl halides is 3. The summed E-state index contributed by atoms with van der Waals surface area (Å²) in [6, 6.07) is 7.28. The standard InChI is InChI=1S/C16H12F4O/c1-9-4-3-5-12(10(9)2)15(21)11-6-7-13(14(17)8-11)16(18,19)20/h3-8H,1-2H3. The van der Waals surface area contributed by atoms with Gasteiger partial charge in [0.05, 0.1) is 5.56 Å². The van der Waals surface area contributed by atoms with Crippen LogP contribution in [0.25, 0.3) is 0 Å². The Hall–Kier alpha value is -2.17. The highest BCUT2D eigenvalue weighted by Crippen LogP contribution is 2.32. The fourth-order valence-corrected chi connectivity index (χ4v) is 2.04. The number of halogens is 4. The molecule has 0 aliphatic carbocycles. The normalized spacial score (nSPS) is 11.5. The van der Waals surface area contributed by atoms with Crippen LogP contribution in [0.1, 0.15) is 32.6 Å². The molecule has 110 valence electrons. The Morgan fingerprint density at radius 1 is 1.05 bits per heavy atom. The van der Waals surface area contributed by atoms with Crippen LogP contribution in [0.3, 0.4) is 0 Å². The van der Waals surface area contributed by atoms with Crippen molar-refractivity contribution < 1.29 is 22.4 Å². The molecule has 0 bridgehead atoms. The topological polar surface area (TPSA) is 17.1 Å². The van der Waals surface area contributed by atoms with Gasteiger partial charge in [-0.1, -0.05) is 24.3 Å². The van der Waals surface area contributed by atoms with Gasteiger partial charge in [-0.3, -0.25) is 4.79 Å². The van der Waals surface area contributed by atoms with E-state index in [1.165, 1.54) is 0 Å². The molecule has 0 heterocycles. The highest BCUT2D eigenvalue weighted by molar-refractivity contribution is 6.10. The lowest BCUT2D eigenvalue weighted by Gasteiger charge is -2.10. The number of carbonyl (C=O) groups excluding carboxylic acids is 1. The smallest absolute Gasteiger partial charge is 0.289 e. The zero-order chi connectivity index (χ0) is 15.8. The first-order valence-corrected chi connectivity index (χ1v) is 6.19. The Labute approximate surface area is 119 Å². The number of rotatable bonds is 2. The molecule has 0 aromatic heterocycles. The second kappa shape index (κ2) is 5.31. The maximum absolute atomic E-state index is 13.5. The maximum Gasteiger partial charge on any atom is 0.419 e. The molecule has 2 aromatic carbocycles. The minimum absolute atomic E-state index is 0.103. The molecule has 0 saturated carbocycles. The van der Waals surface area contributed by atoms with Crippen molar-refractivity contribution in [1.29, 1.82) is 0 Å². The summed E-state index contributed by atoms with van der Waals surface area (Å²) in [5.41, 5.74) is 0.486. The summed E-state index contributed by atoms with van der Waals surface area (Å²) in [4.78, 5) is 12.3. The third-order valence-corrected chi connectivity index (χ3v) is 3.39. The molecule has 0 spiro atoms. The number of aryl methyl sites for hydroxylation is 1. The second-order valence-electron chi connectivity index (χ2n) is 4.77. The van der Waals surface area contributed by atoms with Crippen LogP contribution < -0.4 is 0 Å². The molecule has 21 heavy (non-hydrogen) atoms. The monoisotopic (exact) mass is 296 g/mol. The van der Waals surface area contributed by atoms with Gasteiger partial charge in [-0.05, 0) is 37.1 Å². The van der Waals surface area contributed by atoms with E-state index in [0.717, 1.165) is 17.2 Å². The van der Waals surface area contributed by atoms with Gasteiger partial charge in [-0.25, -0.2) is 4.39 Å². The SMILES string of the molecule is Cc1cccc(C(=O)c2ccc(C(F)(F)F)c(F)c2)c1C. The highest BCUT2D eigenvalue weighted by atomic mass is 19.4. The molecule has 1 nitrogen and oxygen atoms in total. The van der Waals surface area contributed by atoms with Gasteiger partial charge >= 0.3 is 6.18 Å². The predicted molar refractivity (Wildman–Crippen MR) is 70.8 cm³/mol. The highest BCUT2D eigenvalue weighted by Gasteiger charge is 2.34. The van der Waals surface area contributed by atoms with Gasteiger partial charge in [0.15, 0.2) is 5.78 Å². The van der Waals surface area contributed by atoms with Gasteiger partial charge in [0.2, 0.25) is 0 Å². The number of carbonyl (C=O) groups is 1. The van der Waals surface area contributed by atoms with Crippen LogP contribution in [-0.2, 0) is 6.18 Å². The zero-order valence-corrected chi connectivity index (χ0v) is 11.4. The van der Waals surface area contributed by atoms with Crippen LogP contribution in [0.2, 0.25) is 0 Å². The molecule has 0 fully saturated rings. The van der Waals surface area contributed by atoms with Crippen LogP contribution in [-0.4, -0.2) is 5.78 Å². The second-order valence-corrected chi connectivity index (χ2v) is 4.77. The lowest BCUT2D eigenvalue weighted by atomic mass is 9.95. The van der Waals surface area contributed by atoms with Gasteiger partial charge in [0.1, 0.15) is 5.82 Å². The number of ketones is 1. The molecule has 2 rings (SSSR count). The first-order chi connectivity index (χ1) is 9.71. The van der Waals surface area contributed by atoms with Gasteiger partial charge < -0.3 is 0 Å². The van der Waals surface area contributed by atoms with E-state index in [2.05, 4.69) is 0 Å². The molecule has 5 heteroatoms. The molecule has 0 saturated heterocycles. The zero-order valence-electron chi connectivity index (χ0n) is 11.4. The summed E-state index contributed by atoms with van der Waals surface area (Å²) in [5.74, 6) is -1.94. The molecule has 0 unspecified atom stereocenters. The molecule has 0 N–H and O–H groups in total. The summed E-state index contributed by atoms with van der Waals surface area (Å²) in [6.07, 6.45) is -4.77. The van der Waals surface area contributed by atoms with E-state index < -0.39 is 23.3 Å². The van der Waals surface area contributed by atoms with Crippen molar-refractivity contribution in [3.8, 4) is 0 Å². The molecular formula is C16H12F4O. The van der Waals surface area contributed by atoms with Gasteiger partial charge in [0, 0.05) is 11.1 Å². The Bertz CT molecular complexity index is 702. The minimum Gasteiger partial charge on any atom is -0.289 e. The Balaban J connectivity index is 2.46. The van der Waals surface area contributed by atoms with E-state index in [9.17, 15) is 22.4 Å². The Morgan fingerprint density at radius 2 is 1.71 bits per heavy atom. The lowest BCUT2D eigenvalue weighted by molar-refractivity contribution is -0.140. The first-order valence-electron chi connectivity index (χ1n) is 6.19. The van der Waals surface area contributed by atoms with Crippen LogP contribution in [0.5, 0.6) is 0 Å². The predicted octanol–water partition coefficient (Wildman–Crippen LogP) is 4.69. The molecular weight excluding hydrogens is 284 g/mol. The van der Waals surface area contributed by atoms with E-state index in [4.69, 9.17) is 0 Å². The number of benzene rings is 2. The maximum atomic E-state index is 13.5. The largest absolute Gasteiger partial charge is 0.419 e. The lowest BCUT2D eigenvalue weighted by Crippen LogP contribution is -2.10. The fraction of sp³-hybridized carbons (Fsp3) is 0.188. The Kier molecular flexibility index (Phi) is 3.85. The summed E-state index contributed by atoms with van der Waals surface area (Å²) in [6.45, 7) is 3.56. The molecule has 0 radical (unpaired) electrons. The van der Waals surface area contributed by atoms with E-state index in [0.29, 0.717) is 17.7 Å². The van der Waals surface area contributed by atoms with Crippen LogP contribution in [0, 0.1) is 19.7 Å². The van der Waals surface area contributed by atoms with Gasteiger partial charge in [0.25, 0.3) is 0 Å². The average molecular weight is 296 g/mol. The quantitative estimate of drug-likeness (QED) is 0.580. The van der Waals surface area contributed by atoms with Gasteiger partial charge in [-0.15, -0.1) is 0 Å². The van der Waals surface area contributed by atoms with E-state index in [-0.39, 0.29) is 5.56 Å².